The number of amides is 1. The van der Waals surface area contributed by atoms with Crippen LogP contribution in [0.4, 0.5) is 15.8 Å². The van der Waals surface area contributed by atoms with Crippen LogP contribution in [-0.4, -0.2) is 27.5 Å². The zero-order valence-electron chi connectivity index (χ0n) is 17.4. The molecule has 3 rings (SSSR count). The summed E-state index contributed by atoms with van der Waals surface area (Å²) in [7, 11) is -2.57. The Balaban J connectivity index is 1.78. The number of halogens is 1. The lowest BCUT2D eigenvalue weighted by Gasteiger charge is -2.20. The van der Waals surface area contributed by atoms with Crippen molar-refractivity contribution in [3.05, 3.63) is 84.2 Å². The number of carbonyl (C=O) groups is 1. The first kappa shape index (κ1) is 22.3. The van der Waals surface area contributed by atoms with Crippen molar-refractivity contribution in [2.75, 3.05) is 16.7 Å². The number of anilines is 2. The fourth-order valence-corrected chi connectivity index (χ4v) is 4.08. The average Bonchev–Trinajstić information content (AvgIpc) is 2.75. The summed E-state index contributed by atoms with van der Waals surface area (Å²) in [5.41, 5.74) is 1.05. The lowest BCUT2D eigenvalue weighted by atomic mass is 10.2. The molecule has 162 valence electrons. The Bertz CT molecular complexity index is 1160. The van der Waals surface area contributed by atoms with E-state index in [1.165, 1.54) is 55.6 Å². The highest BCUT2D eigenvalue weighted by Gasteiger charge is 2.22. The van der Waals surface area contributed by atoms with E-state index in [0.717, 1.165) is 4.31 Å². The minimum atomic E-state index is -3.94. The van der Waals surface area contributed by atoms with Crippen molar-refractivity contribution >= 4 is 27.3 Å². The number of hydrogen-bond donors (Lipinski definition) is 1. The van der Waals surface area contributed by atoms with Crippen LogP contribution >= 0.6 is 0 Å². The normalized spacial score (nSPS) is 11.3. The van der Waals surface area contributed by atoms with Gasteiger partial charge in [0.15, 0.2) is 0 Å². The van der Waals surface area contributed by atoms with Crippen LogP contribution in [0.5, 0.6) is 5.75 Å². The molecule has 0 aliphatic carbocycles. The number of carbonyl (C=O) groups excluding carboxylic acids is 1. The first-order valence-corrected chi connectivity index (χ1v) is 11.0. The first-order chi connectivity index (χ1) is 14.7. The summed E-state index contributed by atoms with van der Waals surface area (Å²) in [6.45, 7) is 3.84. The maximum absolute atomic E-state index is 13.1. The highest BCUT2D eigenvalue weighted by molar-refractivity contribution is 7.92. The Morgan fingerprint density at radius 3 is 2.26 bits per heavy atom. The zero-order chi connectivity index (χ0) is 22.6. The minimum absolute atomic E-state index is 0.0400. The molecule has 0 aliphatic heterocycles. The van der Waals surface area contributed by atoms with Crippen molar-refractivity contribution in [2.45, 2.75) is 24.8 Å². The fourth-order valence-electron chi connectivity index (χ4n) is 2.84. The zero-order valence-corrected chi connectivity index (χ0v) is 18.2. The number of nitrogens with zero attached hydrogens (tertiary/aromatic N) is 1. The van der Waals surface area contributed by atoms with E-state index in [9.17, 15) is 17.6 Å². The molecule has 0 radical (unpaired) electrons. The lowest BCUT2D eigenvalue weighted by molar-refractivity contribution is 0.102. The monoisotopic (exact) mass is 442 g/mol. The second-order valence-electron chi connectivity index (χ2n) is 7.12. The van der Waals surface area contributed by atoms with Crippen LogP contribution in [0.1, 0.15) is 24.2 Å². The number of sulfonamides is 1. The summed E-state index contributed by atoms with van der Waals surface area (Å²) >= 11 is 0. The summed E-state index contributed by atoms with van der Waals surface area (Å²) < 4.78 is 45.7. The van der Waals surface area contributed by atoms with Crippen LogP contribution in [0.3, 0.4) is 0 Å². The van der Waals surface area contributed by atoms with Gasteiger partial charge in [0.25, 0.3) is 15.9 Å². The molecule has 0 spiro atoms. The van der Waals surface area contributed by atoms with E-state index in [4.69, 9.17) is 4.74 Å². The van der Waals surface area contributed by atoms with E-state index < -0.39 is 21.7 Å². The third-order valence-electron chi connectivity index (χ3n) is 4.43. The molecular formula is C23H23FN2O4S. The van der Waals surface area contributed by atoms with Crippen LogP contribution in [0.2, 0.25) is 0 Å². The number of ether oxygens (including phenoxy) is 1. The number of hydrogen-bond acceptors (Lipinski definition) is 4. The Morgan fingerprint density at radius 1 is 1.00 bits per heavy atom. The topological polar surface area (TPSA) is 75.7 Å². The Morgan fingerprint density at radius 2 is 1.65 bits per heavy atom. The molecule has 31 heavy (non-hydrogen) atoms. The quantitative estimate of drug-likeness (QED) is 0.576. The second-order valence-corrected chi connectivity index (χ2v) is 9.09. The van der Waals surface area contributed by atoms with E-state index in [1.807, 2.05) is 13.8 Å². The van der Waals surface area contributed by atoms with E-state index in [-0.39, 0.29) is 16.6 Å². The largest absolute Gasteiger partial charge is 0.491 e. The van der Waals surface area contributed by atoms with Gasteiger partial charge in [-0.2, -0.15) is 0 Å². The summed E-state index contributed by atoms with van der Waals surface area (Å²) in [5.74, 6) is -0.221. The van der Waals surface area contributed by atoms with Crippen LogP contribution in [0.25, 0.3) is 0 Å². The van der Waals surface area contributed by atoms with Crippen molar-refractivity contribution in [1.82, 2.24) is 0 Å². The van der Waals surface area contributed by atoms with Crippen LogP contribution in [-0.2, 0) is 10.0 Å². The number of nitrogens with one attached hydrogen (secondary N) is 1. The molecule has 3 aromatic rings. The van der Waals surface area contributed by atoms with Crippen molar-refractivity contribution in [3.8, 4) is 5.75 Å². The predicted molar refractivity (Wildman–Crippen MR) is 119 cm³/mol. The molecule has 1 amide bonds. The van der Waals surface area contributed by atoms with Crippen LogP contribution in [0.15, 0.2) is 77.7 Å². The smallest absolute Gasteiger partial charge is 0.264 e. The summed E-state index contributed by atoms with van der Waals surface area (Å²) in [6.07, 6.45) is 0.0400. The molecule has 0 saturated carbocycles. The third kappa shape index (κ3) is 5.40. The Labute approximate surface area is 181 Å². The molecule has 8 heteroatoms. The van der Waals surface area contributed by atoms with Crippen molar-refractivity contribution < 1.29 is 22.3 Å². The lowest BCUT2D eigenvalue weighted by Crippen LogP contribution is -2.26. The SMILES string of the molecule is CC(C)Oc1ccc(NC(=O)c2cccc(S(=O)(=O)N(C)c3ccc(F)cc3)c2)cc1. The predicted octanol–water partition coefficient (Wildman–Crippen LogP) is 4.69. The molecule has 6 nitrogen and oxygen atoms in total. The van der Waals surface area contributed by atoms with Crippen molar-refractivity contribution in [2.24, 2.45) is 0 Å². The molecule has 3 aromatic carbocycles. The van der Waals surface area contributed by atoms with Gasteiger partial charge in [-0.1, -0.05) is 6.07 Å². The first-order valence-electron chi connectivity index (χ1n) is 9.59. The van der Waals surface area contributed by atoms with Gasteiger partial charge in [0.05, 0.1) is 16.7 Å². The fraction of sp³-hybridized carbons (Fsp3) is 0.174. The summed E-state index contributed by atoms with van der Waals surface area (Å²) in [4.78, 5) is 12.6. The Hall–Kier alpha value is -3.39. The molecule has 0 bridgehead atoms. The van der Waals surface area contributed by atoms with Gasteiger partial charge in [0, 0.05) is 18.3 Å². The van der Waals surface area contributed by atoms with Crippen LogP contribution in [0, 0.1) is 5.82 Å². The molecular weight excluding hydrogens is 419 g/mol. The van der Waals surface area contributed by atoms with Gasteiger partial charge in [-0.15, -0.1) is 0 Å². The Kier molecular flexibility index (Phi) is 6.60. The molecule has 0 atom stereocenters. The van der Waals surface area contributed by atoms with E-state index in [1.54, 1.807) is 24.3 Å². The van der Waals surface area contributed by atoms with Gasteiger partial charge >= 0.3 is 0 Å². The highest BCUT2D eigenvalue weighted by Crippen LogP contribution is 2.23. The maximum Gasteiger partial charge on any atom is 0.264 e. The third-order valence-corrected chi connectivity index (χ3v) is 6.21. The van der Waals surface area contributed by atoms with E-state index in [0.29, 0.717) is 17.1 Å². The molecule has 0 aliphatic rings. The van der Waals surface area contributed by atoms with Gasteiger partial charge in [-0.25, -0.2) is 12.8 Å². The molecule has 0 unspecified atom stereocenters. The molecule has 0 aromatic heterocycles. The van der Waals surface area contributed by atoms with E-state index >= 15 is 0 Å². The van der Waals surface area contributed by atoms with Gasteiger partial charge in [-0.05, 0) is 80.6 Å². The maximum atomic E-state index is 13.1. The highest BCUT2D eigenvalue weighted by atomic mass is 32.2. The molecule has 0 saturated heterocycles. The summed E-state index contributed by atoms with van der Waals surface area (Å²) in [5, 5.41) is 2.74. The minimum Gasteiger partial charge on any atom is -0.491 e. The summed E-state index contributed by atoms with van der Waals surface area (Å²) in [6, 6.07) is 17.8. The van der Waals surface area contributed by atoms with Gasteiger partial charge in [0.2, 0.25) is 0 Å². The standard InChI is InChI=1S/C23H23FN2O4S/c1-16(2)30-21-13-9-19(10-14-21)25-23(27)17-5-4-6-22(15-17)31(28,29)26(3)20-11-7-18(24)8-12-20/h4-16H,1-3H3,(H,25,27). The molecule has 0 fully saturated rings. The number of benzene rings is 3. The van der Waals surface area contributed by atoms with Crippen molar-refractivity contribution in [1.29, 1.82) is 0 Å². The van der Waals surface area contributed by atoms with Gasteiger partial charge in [0.1, 0.15) is 11.6 Å². The molecule has 1 N–H and O–H groups in total. The number of rotatable bonds is 7. The second kappa shape index (κ2) is 9.18. The van der Waals surface area contributed by atoms with E-state index in [2.05, 4.69) is 5.32 Å². The van der Waals surface area contributed by atoms with Crippen LogP contribution < -0.4 is 14.4 Å². The van der Waals surface area contributed by atoms with Gasteiger partial charge in [-0.3, -0.25) is 9.10 Å². The van der Waals surface area contributed by atoms with Crippen molar-refractivity contribution in [3.63, 3.8) is 0 Å². The average molecular weight is 443 g/mol. The molecule has 0 heterocycles. The van der Waals surface area contributed by atoms with Gasteiger partial charge < -0.3 is 10.1 Å².